The minimum atomic E-state index is 0.302. The monoisotopic (exact) mass is 279 g/mol. The Kier molecular flexibility index (Phi) is 5.57. The van der Waals surface area contributed by atoms with Crippen molar-refractivity contribution in [2.75, 3.05) is 32.7 Å². The molecule has 1 fully saturated rings. The van der Waals surface area contributed by atoms with Crippen LogP contribution < -0.4 is 5.73 Å². The van der Waals surface area contributed by atoms with Crippen LogP contribution in [0.1, 0.15) is 38.9 Å². The van der Waals surface area contributed by atoms with E-state index < -0.39 is 0 Å². The molecule has 5 nitrogen and oxygen atoms in total. The Morgan fingerprint density at radius 3 is 2.40 bits per heavy atom. The number of aryl methyl sites for hydroxylation is 1. The average molecular weight is 279 g/mol. The molecule has 2 unspecified atom stereocenters. The van der Waals surface area contributed by atoms with E-state index in [1.54, 1.807) is 0 Å². The number of nitrogens with zero attached hydrogens (tertiary/aromatic N) is 4. The second-order valence-electron chi connectivity index (χ2n) is 5.69. The molecule has 1 aromatic heterocycles. The fourth-order valence-corrected chi connectivity index (χ4v) is 3.08. The van der Waals surface area contributed by atoms with Crippen molar-refractivity contribution in [2.45, 2.75) is 45.8 Å². The maximum Gasteiger partial charge on any atom is 0.0948 e. The van der Waals surface area contributed by atoms with Gasteiger partial charge in [-0.15, -0.1) is 0 Å². The number of aromatic nitrogens is 2. The van der Waals surface area contributed by atoms with E-state index in [-0.39, 0.29) is 0 Å². The Balaban J connectivity index is 2.00. The highest BCUT2D eigenvalue weighted by Crippen LogP contribution is 2.22. The van der Waals surface area contributed by atoms with Gasteiger partial charge in [0.1, 0.15) is 0 Å². The molecule has 0 amide bonds. The van der Waals surface area contributed by atoms with Gasteiger partial charge in [0.25, 0.3) is 0 Å². The highest BCUT2D eigenvalue weighted by Gasteiger charge is 2.27. The zero-order valence-electron chi connectivity index (χ0n) is 13.1. The SMILES string of the molecule is CCC(C)N1CCN(C(CN)c2cncn2CC)CC1. The van der Waals surface area contributed by atoms with Crippen molar-refractivity contribution in [1.82, 2.24) is 19.4 Å². The molecule has 2 atom stereocenters. The van der Waals surface area contributed by atoms with Crippen molar-refractivity contribution >= 4 is 0 Å². The molecule has 2 heterocycles. The van der Waals surface area contributed by atoms with Crippen LogP contribution in [0, 0.1) is 0 Å². The van der Waals surface area contributed by atoms with E-state index in [9.17, 15) is 0 Å². The summed E-state index contributed by atoms with van der Waals surface area (Å²) in [6, 6.07) is 0.992. The quantitative estimate of drug-likeness (QED) is 0.853. The minimum Gasteiger partial charge on any atom is -0.333 e. The zero-order chi connectivity index (χ0) is 14.5. The first-order chi connectivity index (χ1) is 9.71. The molecule has 0 aliphatic carbocycles. The van der Waals surface area contributed by atoms with Gasteiger partial charge in [0.05, 0.1) is 18.1 Å². The molecule has 1 saturated heterocycles. The molecule has 0 radical (unpaired) electrons. The first kappa shape index (κ1) is 15.5. The van der Waals surface area contributed by atoms with Gasteiger partial charge in [0.15, 0.2) is 0 Å². The fourth-order valence-electron chi connectivity index (χ4n) is 3.08. The number of piperazine rings is 1. The van der Waals surface area contributed by atoms with Crippen LogP contribution in [0.4, 0.5) is 0 Å². The largest absolute Gasteiger partial charge is 0.333 e. The van der Waals surface area contributed by atoms with Gasteiger partial charge in [-0.1, -0.05) is 6.92 Å². The molecule has 20 heavy (non-hydrogen) atoms. The van der Waals surface area contributed by atoms with Crippen LogP contribution in [0.5, 0.6) is 0 Å². The van der Waals surface area contributed by atoms with Gasteiger partial charge in [-0.3, -0.25) is 9.80 Å². The van der Waals surface area contributed by atoms with Crippen LogP contribution in [-0.2, 0) is 6.54 Å². The summed E-state index contributed by atoms with van der Waals surface area (Å²) in [6.45, 7) is 12.8. The molecule has 0 saturated carbocycles. The van der Waals surface area contributed by atoms with Gasteiger partial charge < -0.3 is 10.3 Å². The van der Waals surface area contributed by atoms with E-state index in [1.165, 1.54) is 12.1 Å². The number of rotatable bonds is 6. The lowest BCUT2D eigenvalue weighted by Gasteiger charge is -2.41. The molecule has 0 aromatic carbocycles. The Labute approximate surface area is 122 Å². The fraction of sp³-hybridized carbons (Fsp3) is 0.800. The molecular formula is C15H29N5. The molecule has 2 rings (SSSR count). The lowest BCUT2D eigenvalue weighted by Crippen LogP contribution is -2.51. The molecular weight excluding hydrogens is 250 g/mol. The molecule has 0 spiro atoms. The second-order valence-corrected chi connectivity index (χ2v) is 5.69. The third-order valence-electron chi connectivity index (χ3n) is 4.65. The lowest BCUT2D eigenvalue weighted by molar-refractivity contribution is 0.0721. The topological polar surface area (TPSA) is 50.3 Å². The summed E-state index contributed by atoms with van der Waals surface area (Å²) in [4.78, 5) is 9.38. The molecule has 1 aliphatic rings. The third kappa shape index (κ3) is 3.22. The summed E-state index contributed by atoms with van der Waals surface area (Å²) in [5.41, 5.74) is 7.30. The van der Waals surface area contributed by atoms with Crippen LogP contribution in [0.2, 0.25) is 0 Å². The predicted octanol–water partition coefficient (Wildman–Crippen LogP) is 1.32. The van der Waals surface area contributed by atoms with E-state index in [1.807, 2.05) is 12.5 Å². The standard InChI is InChI=1S/C15H29N5/c1-4-13(3)19-6-8-20(9-7-19)14(10-16)15-11-17-12-18(15)5-2/h11-14H,4-10,16H2,1-3H3. The van der Waals surface area contributed by atoms with E-state index in [2.05, 4.69) is 40.1 Å². The molecule has 0 bridgehead atoms. The van der Waals surface area contributed by atoms with Crippen molar-refractivity contribution < 1.29 is 0 Å². The van der Waals surface area contributed by atoms with E-state index in [0.29, 0.717) is 18.6 Å². The highest BCUT2D eigenvalue weighted by molar-refractivity contribution is 5.07. The van der Waals surface area contributed by atoms with Crippen LogP contribution in [0.25, 0.3) is 0 Å². The summed E-state index contributed by atoms with van der Waals surface area (Å²) < 4.78 is 2.21. The molecule has 114 valence electrons. The molecule has 5 heteroatoms. The van der Waals surface area contributed by atoms with Crippen LogP contribution >= 0.6 is 0 Å². The zero-order valence-corrected chi connectivity index (χ0v) is 13.1. The number of nitrogens with two attached hydrogens (primary N) is 1. The van der Waals surface area contributed by atoms with Crippen molar-refractivity contribution in [3.05, 3.63) is 18.2 Å². The Morgan fingerprint density at radius 2 is 1.85 bits per heavy atom. The van der Waals surface area contributed by atoms with E-state index in [0.717, 1.165) is 32.7 Å². The maximum atomic E-state index is 6.04. The average Bonchev–Trinajstić information content (AvgIpc) is 2.96. The van der Waals surface area contributed by atoms with Gasteiger partial charge in [0.2, 0.25) is 0 Å². The highest BCUT2D eigenvalue weighted by atomic mass is 15.3. The Hall–Kier alpha value is -0.910. The first-order valence-corrected chi connectivity index (χ1v) is 7.89. The normalized spacial score (nSPS) is 21.0. The lowest BCUT2D eigenvalue weighted by atomic mass is 10.1. The summed E-state index contributed by atoms with van der Waals surface area (Å²) in [7, 11) is 0. The van der Waals surface area contributed by atoms with Crippen molar-refractivity contribution in [2.24, 2.45) is 5.73 Å². The van der Waals surface area contributed by atoms with Crippen molar-refractivity contribution in [3.8, 4) is 0 Å². The first-order valence-electron chi connectivity index (χ1n) is 7.89. The van der Waals surface area contributed by atoms with E-state index >= 15 is 0 Å². The van der Waals surface area contributed by atoms with Gasteiger partial charge in [-0.05, 0) is 20.3 Å². The van der Waals surface area contributed by atoms with Crippen LogP contribution in [0.15, 0.2) is 12.5 Å². The smallest absolute Gasteiger partial charge is 0.0948 e. The number of hydrogen-bond donors (Lipinski definition) is 1. The van der Waals surface area contributed by atoms with Gasteiger partial charge in [-0.25, -0.2) is 4.98 Å². The number of hydrogen-bond acceptors (Lipinski definition) is 4. The predicted molar refractivity (Wildman–Crippen MR) is 82.6 cm³/mol. The van der Waals surface area contributed by atoms with E-state index in [4.69, 9.17) is 5.73 Å². The van der Waals surface area contributed by atoms with Crippen LogP contribution in [0.3, 0.4) is 0 Å². The van der Waals surface area contributed by atoms with Crippen LogP contribution in [-0.4, -0.2) is 58.1 Å². The molecule has 2 N–H and O–H groups in total. The number of imidazole rings is 1. The van der Waals surface area contributed by atoms with Crippen molar-refractivity contribution in [1.29, 1.82) is 0 Å². The Morgan fingerprint density at radius 1 is 1.20 bits per heavy atom. The molecule has 1 aromatic rings. The van der Waals surface area contributed by atoms with Gasteiger partial charge >= 0.3 is 0 Å². The molecule has 1 aliphatic heterocycles. The summed E-state index contributed by atoms with van der Waals surface area (Å²) in [5.74, 6) is 0. The van der Waals surface area contributed by atoms with Gasteiger partial charge in [0, 0.05) is 51.5 Å². The minimum absolute atomic E-state index is 0.302. The van der Waals surface area contributed by atoms with Gasteiger partial charge in [-0.2, -0.15) is 0 Å². The maximum absolute atomic E-state index is 6.04. The summed E-state index contributed by atoms with van der Waals surface area (Å²) in [5, 5.41) is 0. The summed E-state index contributed by atoms with van der Waals surface area (Å²) in [6.07, 6.45) is 5.11. The van der Waals surface area contributed by atoms with Crippen molar-refractivity contribution in [3.63, 3.8) is 0 Å². The third-order valence-corrected chi connectivity index (χ3v) is 4.65. The second kappa shape index (κ2) is 7.20. The Bertz CT molecular complexity index is 395. The summed E-state index contributed by atoms with van der Waals surface area (Å²) >= 11 is 0.